The molecule has 3 aromatic rings. The van der Waals surface area contributed by atoms with Crippen molar-refractivity contribution < 1.29 is 9.32 Å². The molecule has 1 fully saturated rings. The van der Waals surface area contributed by atoms with Gasteiger partial charge in [0.05, 0.1) is 0 Å². The van der Waals surface area contributed by atoms with E-state index in [1.165, 1.54) is 0 Å². The Kier molecular flexibility index (Phi) is 5.05. The second-order valence-electron chi connectivity index (χ2n) is 7.17. The van der Waals surface area contributed by atoms with Crippen LogP contribution < -0.4 is 4.90 Å². The summed E-state index contributed by atoms with van der Waals surface area (Å²) in [5.74, 6) is 1.04. The average Bonchev–Trinajstić information content (AvgIpc) is 3.31. The summed E-state index contributed by atoms with van der Waals surface area (Å²) in [5, 5.41) is 4.79. The first kappa shape index (κ1) is 18.5. The first-order chi connectivity index (χ1) is 13.5. The summed E-state index contributed by atoms with van der Waals surface area (Å²) in [4.78, 5) is 20.8. The molecule has 6 nitrogen and oxygen atoms in total. The van der Waals surface area contributed by atoms with Gasteiger partial charge in [0.1, 0.15) is 0 Å². The lowest BCUT2D eigenvalue weighted by Crippen LogP contribution is -2.24. The van der Waals surface area contributed by atoms with Crippen LogP contribution in [-0.4, -0.2) is 41.6 Å². The Balaban J connectivity index is 1.47. The van der Waals surface area contributed by atoms with Crippen LogP contribution in [0.5, 0.6) is 0 Å². The van der Waals surface area contributed by atoms with E-state index in [9.17, 15) is 4.79 Å². The number of carbonyl (C=O) groups excluding carboxylic acids is 1. The van der Waals surface area contributed by atoms with E-state index < -0.39 is 0 Å². The fourth-order valence-corrected chi connectivity index (χ4v) is 3.55. The minimum atomic E-state index is -0.0754. The number of nitrogens with zero attached hydrogens (tertiary/aromatic N) is 4. The summed E-state index contributed by atoms with van der Waals surface area (Å²) in [5.41, 5.74) is 2.90. The highest BCUT2D eigenvalue weighted by Crippen LogP contribution is 2.30. The zero-order valence-electron chi connectivity index (χ0n) is 15.8. The van der Waals surface area contributed by atoms with Crippen molar-refractivity contribution in [3.63, 3.8) is 0 Å². The van der Waals surface area contributed by atoms with Crippen LogP contribution in [0.2, 0.25) is 5.02 Å². The maximum Gasteiger partial charge on any atom is 0.257 e. The molecule has 1 saturated heterocycles. The van der Waals surface area contributed by atoms with Gasteiger partial charge in [0.15, 0.2) is 5.82 Å². The van der Waals surface area contributed by atoms with E-state index >= 15 is 0 Å². The van der Waals surface area contributed by atoms with Gasteiger partial charge in [-0.3, -0.25) is 4.79 Å². The standard InChI is InChI=1S/C21H21ClN4O2/c1-25(2)17-9-7-14(8-10-17)21-23-20(24-28-21)16-11-19(27)26(13-16)12-15-5-3-4-6-18(15)22/h3-10,16H,11-13H2,1-2H3. The molecule has 0 saturated carbocycles. The molecule has 0 N–H and O–H groups in total. The van der Waals surface area contributed by atoms with E-state index in [0.717, 1.165) is 16.8 Å². The lowest BCUT2D eigenvalue weighted by molar-refractivity contribution is -0.128. The van der Waals surface area contributed by atoms with E-state index in [1.54, 1.807) is 4.90 Å². The van der Waals surface area contributed by atoms with Gasteiger partial charge in [-0.15, -0.1) is 0 Å². The van der Waals surface area contributed by atoms with Gasteiger partial charge in [-0.25, -0.2) is 0 Å². The van der Waals surface area contributed by atoms with Crippen LogP contribution in [0, 0.1) is 0 Å². The number of likely N-dealkylation sites (tertiary alicyclic amines) is 1. The van der Waals surface area contributed by atoms with Gasteiger partial charge in [0.25, 0.3) is 5.89 Å². The molecule has 0 spiro atoms. The Hall–Kier alpha value is -2.86. The number of rotatable bonds is 5. The van der Waals surface area contributed by atoms with Gasteiger partial charge in [-0.1, -0.05) is 35.0 Å². The topological polar surface area (TPSA) is 62.5 Å². The van der Waals surface area contributed by atoms with E-state index in [2.05, 4.69) is 10.1 Å². The van der Waals surface area contributed by atoms with Crippen molar-refractivity contribution >= 4 is 23.2 Å². The molecule has 1 aromatic heterocycles. The van der Waals surface area contributed by atoms with Gasteiger partial charge in [0.2, 0.25) is 5.91 Å². The third-order valence-electron chi connectivity index (χ3n) is 4.97. The molecule has 1 unspecified atom stereocenters. The van der Waals surface area contributed by atoms with Gasteiger partial charge < -0.3 is 14.3 Å². The first-order valence-electron chi connectivity index (χ1n) is 9.14. The Morgan fingerprint density at radius 3 is 2.64 bits per heavy atom. The fraction of sp³-hybridized carbons (Fsp3) is 0.286. The molecule has 1 amide bonds. The number of aromatic nitrogens is 2. The van der Waals surface area contributed by atoms with Crippen LogP contribution in [0.1, 0.15) is 23.7 Å². The third kappa shape index (κ3) is 3.73. The highest BCUT2D eigenvalue weighted by Gasteiger charge is 2.34. The predicted octanol–water partition coefficient (Wildman–Crippen LogP) is 3.97. The Morgan fingerprint density at radius 2 is 1.93 bits per heavy atom. The van der Waals surface area contributed by atoms with E-state index in [0.29, 0.717) is 36.2 Å². The minimum Gasteiger partial charge on any atom is -0.378 e. The lowest BCUT2D eigenvalue weighted by atomic mass is 10.1. The molecule has 0 bridgehead atoms. The molecule has 144 valence electrons. The van der Waals surface area contributed by atoms with Gasteiger partial charge in [-0.2, -0.15) is 4.98 Å². The van der Waals surface area contributed by atoms with Gasteiger partial charge >= 0.3 is 0 Å². The van der Waals surface area contributed by atoms with Crippen LogP contribution in [0.3, 0.4) is 0 Å². The van der Waals surface area contributed by atoms with Crippen molar-refractivity contribution in [3.05, 3.63) is 64.9 Å². The predicted molar refractivity (Wildman–Crippen MR) is 108 cm³/mol. The Labute approximate surface area is 168 Å². The van der Waals surface area contributed by atoms with E-state index in [4.69, 9.17) is 16.1 Å². The van der Waals surface area contributed by atoms with Crippen LogP contribution in [-0.2, 0) is 11.3 Å². The second kappa shape index (κ2) is 7.64. The molecule has 1 aliphatic heterocycles. The fourth-order valence-electron chi connectivity index (χ4n) is 3.35. The van der Waals surface area contributed by atoms with E-state index in [1.807, 2.05) is 67.5 Å². The zero-order valence-corrected chi connectivity index (χ0v) is 16.6. The summed E-state index contributed by atoms with van der Waals surface area (Å²) in [6.45, 7) is 1.05. The Bertz CT molecular complexity index is 984. The third-order valence-corrected chi connectivity index (χ3v) is 5.34. The van der Waals surface area contributed by atoms with E-state index in [-0.39, 0.29) is 11.8 Å². The van der Waals surface area contributed by atoms with Crippen molar-refractivity contribution in [1.82, 2.24) is 15.0 Å². The quantitative estimate of drug-likeness (QED) is 0.653. The zero-order chi connectivity index (χ0) is 19.7. The maximum absolute atomic E-state index is 12.4. The molecule has 0 aliphatic carbocycles. The number of hydrogen-bond donors (Lipinski definition) is 0. The number of halogens is 1. The van der Waals surface area contributed by atoms with Crippen LogP contribution in [0.15, 0.2) is 53.1 Å². The number of carbonyl (C=O) groups is 1. The maximum atomic E-state index is 12.4. The molecule has 1 aliphatic rings. The van der Waals surface area contributed by atoms with Gasteiger partial charge in [-0.05, 0) is 35.9 Å². The molecular formula is C21H21ClN4O2. The molecule has 1 atom stereocenters. The molecule has 0 radical (unpaired) electrons. The monoisotopic (exact) mass is 396 g/mol. The summed E-state index contributed by atoms with van der Waals surface area (Å²) in [6, 6.07) is 15.5. The van der Waals surface area contributed by atoms with Crippen molar-refractivity contribution in [2.75, 3.05) is 25.5 Å². The summed E-state index contributed by atoms with van der Waals surface area (Å²) >= 11 is 6.22. The normalized spacial score (nSPS) is 16.6. The summed E-state index contributed by atoms with van der Waals surface area (Å²) < 4.78 is 5.45. The molecular weight excluding hydrogens is 376 g/mol. The first-order valence-corrected chi connectivity index (χ1v) is 9.51. The molecule has 2 heterocycles. The second-order valence-corrected chi connectivity index (χ2v) is 7.57. The van der Waals surface area contributed by atoms with Crippen molar-refractivity contribution in [3.8, 4) is 11.5 Å². The molecule has 2 aromatic carbocycles. The number of amides is 1. The van der Waals surface area contributed by atoms with Gasteiger partial charge in [0, 0.05) is 55.8 Å². The summed E-state index contributed by atoms with van der Waals surface area (Å²) in [7, 11) is 3.98. The van der Waals surface area contributed by atoms with Crippen LogP contribution >= 0.6 is 11.6 Å². The lowest BCUT2D eigenvalue weighted by Gasteiger charge is -2.16. The smallest absolute Gasteiger partial charge is 0.257 e. The molecule has 7 heteroatoms. The molecule has 4 rings (SSSR count). The van der Waals surface area contributed by atoms with Crippen LogP contribution in [0.4, 0.5) is 5.69 Å². The molecule has 28 heavy (non-hydrogen) atoms. The van der Waals surface area contributed by atoms with Crippen molar-refractivity contribution in [2.45, 2.75) is 18.9 Å². The number of benzene rings is 2. The minimum absolute atomic E-state index is 0.0754. The SMILES string of the molecule is CN(C)c1ccc(-c2nc(C3CC(=O)N(Cc4ccccc4Cl)C3)no2)cc1. The summed E-state index contributed by atoms with van der Waals surface area (Å²) in [6.07, 6.45) is 0.378. The highest BCUT2D eigenvalue weighted by molar-refractivity contribution is 6.31. The van der Waals surface area contributed by atoms with Crippen molar-refractivity contribution in [1.29, 1.82) is 0 Å². The van der Waals surface area contributed by atoms with Crippen molar-refractivity contribution in [2.24, 2.45) is 0 Å². The average molecular weight is 397 g/mol. The Morgan fingerprint density at radius 1 is 1.18 bits per heavy atom. The van der Waals surface area contributed by atoms with Crippen LogP contribution in [0.25, 0.3) is 11.5 Å². The number of hydrogen-bond acceptors (Lipinski definition) is 5. The number of anilines is 1. The highest BCUT2D eigenvalue weighted by atomic mass is 35.5. The largest absolute Gasteiger partial charge is 0.378 e.